The van der Waals surface area contributed by atoms with Crippen molar-refractivity contribution in [2.24, 2.45) is 0 Å². The monoisotopic (exact) mass is 472 g/mol. The molecule has 0 saturated heterocycles. The van der Waals surface area contributed by atoms with Crippen LogP contribution in [0.5, 0.6) is 0 Å². The first-order valence-electron chi connectivity index (χ1n) is 9.17. The van der Waals surface area contributed by atoms with E-state index in [4.69, 9.17) is 11.6 Å². The van der Waals surface area contributed by atoms with E-state index in [0.717, 1.165) is 22.9 Å². The lowest BCUT2D eigenvalue weighted by Gasteiger charge is -2.16. The van der Waals surface area contributed by atoms with Gasteiger partial charge in [-0.05, 0) is 54.4 Å². The van der Waals surface area contributed by atoms with Crippen LogP contribution in [-0.2, 0) is 15.6 Å². The van der Waals surface area contributed by atoms with E-state index in [2.05, 4.69) is 5.32 Å². The summed E-state index contributed by atoms with van der Waals surface area (Å²) in [5.74, 6) is -0.0286. The molecular weight excluding hydrogens is 455 g/mol. The fourth-order valence-electron chi connectivity index (χ4n) is 2.71. The Labute approximate surface area is 190 Å². The summed E-state index contributed by atoms with van der Waals surface area (Å²) in [6.07, 6.45) is 0. The van der Waals surface area contributed by atoms with E-state index in [1.165, 1.54) is 24.3 Å². The Morgan fingerprint density at radius 3 is 2.39 bits per heavy atom. The van der Waals surface area contributed by atoms with E-state index in [0.29, 0.717) is 16.5 Å². The van der Waals surface area contributed by atoms with Crippen molar-refractivity contribution < 1.29 is 12.8 Å². The number of benzene rings is 3. The molecule has 3 aromatic rings. The van der Waals surface area contributed by atoms with Crippen molar-refractivity contribution in [1.82, 2.24) is 0 Å². The second-order valence-corrected chi connectivity index (χ2v) is 9.82. The van der Waals surface area contributed by atoms with Gasteiger partial charge in [-0.15, -0.1) is 11.8 Å². The highest BCUT2D eigenvalue weighted by molar-refractivity contribution is 8.04. The Balaban J connectivity index is 2.07. The first kappa shape index (κ1) is 22.9. The smallest absolute Gasteiger partial charge is 0.219 e. The minimum Gasteiger partial charge on any atom is -0.348 e. The quantitative estimate of drug-likeness (QED) is 0.408. The molecule has 0 radical (unpaired) electrons. The third-order valence-electron chi connectivity index (χ3n) is 4.44. The highest BCUT2D eigenvalue weighted by atomic mass is 35.5. The molecule has 8 heteroatoms. The zero-order valence-corrected chi connectivity index (χ0v) is 18.9. The highest BCUT2D eigenvalue weighted by Gasteiger charge is 2.26. The van der Waals surface area contributed by atoms with Crippen molar-refractivity contribution >= 4 is 38.9 Å². The van der Waals surface area contributed by atoms with Crippen LogP contribution in [0.25, 0.3) is 0 Å². The summed E-state index contributed by atoms with van der Waals surface area (Å²) in [4.78, 5) is -0.374. The number of nitrogens with one attached hydrogen (secondary N) is 1. The van der Waals surface area contributed by atoms with Gasteiger partial charge in [0.25, 0.3) is 0 Å². The van der Waals surface area contributed by atoms with Gasteiger partial charge < -0.3 is 5.32 Å². The van der Waals surface area contributed by atoms with Crippen LogP contribution in [0, 0.1) is 24.1 Å². The fourth-order valence-corrected chi connectivity index (χ4v) is 5.42. The minimum absolute atomic E-state index is 0.0241. The van der Waals surface area contributed by atoms with E-state index in [9.17, 15) is 18.1 Å². The van der Waals surface area contributed by atoms with Gasteiger partial charge in [0.05, 0.1) is 4.90 Å². The second kappa shape index (κ2) is 10.0. The molecule has 3 aromatic carbocycles. The zero-order chi connectivity index (χ0) is 22.4. The van der Waals surface area contributed by atoms with Gasteiger partial charge in [-0.1, -0.05) is 48.0 Å². The van der Waals surface area contributed by atoms with Crippen molar-refractivity contribution in [3.8, 4) is 6.07 Å². The number of rotatable bonds is 7. The number of nitriles is 1. The second-order valence-electron chi connectivity index (χ2n) is 6.54. The van der Waals surface area contributed by atoms with Gasteiger partial charge in [0.2, 0.25) is 9.84 Å². The summed E-state index contributed by atoms with van der Waals surface area (Å²) in [7, 11) is -4.06. The van der Waals surface area contributed by atoms with Gasteiger partial charge in [0, 0.05) is 16.5 Å². The lowest BCUT2D eigenvalue weighted by molar-refractivity contribution is 0.603. The highest BCUT2D eigenvalue weighted by Crippen LogP contribution is 2.33. The largest absolute Gasteiger partial charge is 0.348 e. The van der Waals surface area contributed by atoms with Gasteiger partial charge in [0.15, 0.2) is 4.91 Å². The number of halogens is 2. The molecular formula is C23H18ClFN2O2S2. The molecule has 0 heterocycles. The molecule has 0 amide bonds. The number of sulfone groups is 1. The Kier molecular flexibility index (Phi) is 7.39. The Bertz CT molecular complexity index is 1250. The summed E-state index contributed by atoms with van der Waals surface area (Å²) >= 11 is 7.35. The molecule has 0 atom stereocenters. The number of hydrogen-bond acceptors (Lipinski definition) is 5. The molecule has 0 spiro atoms. The third-order valence-corrected chi connectivity index (χ3v) is 7.78. The van der Waals surface area contributed by atoms with Crippen molar-refractivity contribution in [1.29, 1.82) is 5.26 Å². The number of anilines is 1. The van der Waals surface area contributed by atoms with E-state index in [-0.39, 0.29) is 15.7 Å². The molecule has 4 nitrogen and oxygen atoms in total. The van der Waals surface area contributed by atoms with Crippen molar-refractivity contribution in [3.05, 3.63) is 105 Å². The first-order valence-corrected chi connectivity index (χ1v) is 12.0. The topological polar surface area (TPSA) is 70.0 Å². The van der Waals surface area contributed by atoms with Crippen LogP contribution in [0.1, 0.15) is 11.1 Å². The molecule has 0 aromatic heterocycles. The van der Waals surface area contributed by atoms with Crippen LogP contribution < -0.4 is 5.32 Å². The molecule has 0 fully saturated rings. The summed E-state index contributed by atoms with van der Waals surface area (Å²) < 4.78 is 39.6. The number of allylic oxidation sites excluding steroid dienone is 1. The predicted molar refractivity (Wildman–Crippen MR) is 124 cm³/mol. The van der Waals surface area contributed by atoms with Crippen molar-refractivity contribution in [2.75, 3.05) is 5.32 Å². The lowest BCUT2D eigenvalue weighted by atomic mass is 10.2. The number of thioether (sulfide) groups is 1. The minimum atomic E-state index is -4.06. The molecule has 0 aliphatic heterocycles. The van der Waals surface area contributed by atoms with Gasteiger partial charge >= 0.3 is 0 Å². The summed E-state index contributed by atoms with van der Waals surface area (Å²) in [5.41, 5.74) is 2.09. The average molecular weight is 473 g/mol. The molecule has 1 N–H and O–H groups in total. The van der Waals surface area contributed by atoms with Crippen LogP contribution in [0.2, 0.25) is 5.02 Å². The molecule has 0 aliphatic carbocycles. The Morgan fingerprint density at radius 1 is 1.06 bits per heavy atom. The molecule has 0 aliphatic rings. The Morgan fingerprint density at radius 2 is 1.74 bits per heavy atom. The number of nitrogens with zero attached hydrogens (tertiary/aromatic N) is 1. The maximum atomic E-state index is 13.2. The molecule has 3 rings (SSSR count). The van der Waals surface area contributed by atoms with Gasteiger partial charge in [0.1, 0.15) is 16.9 Å². The van der Waals surface area contributed by atoms with Gasteiger partial charge in [-0.2, -0.15) is 5.26 Å². The SMILES string of the molecule is Cc1c(Cl)cccc1N/C(SCc1ccc(F)cc1)=C(/C#N)S(=O)(=O)c1ccccc1. The van der Waals surface area contributed by atoms with Crippen molar-refractivity contribution in [3.63, 3.8) is 0 Å². The predicted octanol–water partition coefficient (Wildman–Crippen LogP) is 6.30. The van der Waals surface area contributed by atoms with Crippen molar-refractivity contribution in [2.45, 2.75) is 17.6 Å². The van der Waals surface area contributed by atoms with E-state index in [1.807, 2.05) is 6.07 Å². The Hall–Kier alpha value is -2.79. The van der Waals surface area contributed by atoms with Crippen LogP contribution >= 0.6 is 23.4 Å². The standard InChI is InChI=1S/C23H18ClFN2O2S2/c1-16-20(24)8-5-9-21(16)27-23(30-15-17-10-12-18(25)13-11-17)22(14-26)31(28,29)19-6-3-2-4-7-19/h2-13,27H,15H2,1H3/b23-22+. The maximum absolute atomic E-state index is 13.2. The van der Waals surface area contributed by atoms with Crippen LogP contribution in [0.3, 0.4) is 0 Å². The molecule has 0 saturated carbocycles. The number of hydrogen-bond donors (Lipinski definition) is 1. The molecule has 0 bridgehead atoms. The maximum Gasteiger partial charge on any atom is 0.219 e. The zero-order valence-electron chi connectivity index (χ0n) is 16.5. The van der Waals surface area contributed by atoms with E-state index in [1.54, 1.807) is 55.5 Å². The van der Waals surface area contributed by atoms with Crippen LogP contribution in [0.15, 0.2) is 87.6 Å². The summed E-state index contributed by atoms with van der Waals surface area (Å²) in [5, 5.41) is 13.6. The third kappa shape index (κ3) is 5.47. The molecule has 31 heavy (non-hydrogen) atoms. The van der Waals surface area contributed by atoms with Crippen LogP contribution in [-0.4, -0.2) is 8.42 Å². The summed E-state index contributed by atoms with van der Waals surface area (Å²) in [6, 6.07) is 20.7. The van der Waals surface area contributed by atoms with Crippen LogP contribution in [0.4, 0.5) is 10.1 Å². The summed E-state index contributed by atoms with van der Waals surface area (Å²) in [6.45, 7) is 1.80. The lowest BCUT2D eigenvalue weighted by Crippen LogP contribution is -2.11. The first-order chi connectivity index (χ1) is 14.8. The fraction of sp³-hybridized carbons (Fsp3) is 0.0870. The van der Waals surface area contributed by atoms with Gasteiger partial charge in [-0.25, -0.2) is 12.8 Å². The van der Waals surface area contributed by atoms with Gasteiger partial charge in [-0.3, -0.25) is 0 Å². The van der Waals surface area contributed by atoms with E-state index < -0.39 is 14.7 Å². The normalized spacial score (nSPS) is 12.1. The molecule has 158 valence electrons. The van der Waals surface area contributed by atoms with E-state index >= 15 is 0 Å². The molecule has 0 unspecified atom stereocenters. The average Bonchev–Trinajstić information content (AvgIpc) is 2.77.